The van der Waals surface area contributed by atoms with Gasteiger partial charge in [0.25, 0.3) is 0 Å². The second-order valence-corrected chi connectivity index (χ2v) is 4.99. The molecule has 1 fully saturated rings. The van der Waals surface area contributed by atoms with Crippen molar-refractivity contribution in [3.8, 4) is 0 Å². The molecule has 0 saturated carbocycles. The monoisotopic (exact) mass is 247 g/mol. The second kappa shape index (κ2) is 3.46. The molecule has 1 aliphatic heterocycles. The number of rotatable bonds is 2. The van der Waals surface area contributed by atoms with Crippen molar-refractivity contribution in [3.63, 3.8) is 0 Å². The molecule has 66 valence electrons. The zero-order valence-corrected chi connectivity index (χ0v) is 8.94. The standard InChI is InChI=1S/C8H10BrNOS/c9-6-1-8(12-5-6)4-10-2-7(11)3-10/h1,5,7,11H,2-4H2. The molecule has 0 aliphatic carbocycles. The highest BCUT2D eigenvalue weighted by atomic mass is 79.9. The van der Waals surface area contributed by atoms with Crippen molar-refractivity contribution in [2.45, 2.75) is 12.6 Å². The lowest BCUT2D eigenvalue weighted by Gasteiger charge is -2.35. The Morgan fingerprint density at radius 2 is 2.42 bits per heavy atom. The molecule has 0 atom stereocenters. The van der Waals surface area contributed by atoms with E-state index in [1.54, 1.807) is 11.3 Å². The maximum atomic E-state index is 9.05. The number of hydrogen-bond donors (Lipinski definition) is 1. The van der Waals surface area contributed by atoms with E-state index >= 15 is 0 Å². The number of likely N-dealkylation sites (tertiary alicyclic amines) is 1. The van der Waals surface area contributed by atoms with Gasteiger partial charge in [-0.25, -0.2) is 0 Å². The maximum absolute atomic E-state index is 9.05. The average molecular weight is 248 g/mol. The van der Waals surface area contributed by atoms with Crippen LogP contribution in [0.15, 0.2) is 15.9 Å². The quantitative estimate of drug-likeness (QED) is 0.860. The van der Waals surface area contributed by atoms with E-state index in [-0.39, 0.29) is 6.10 Å². The zero-order chi connectivity index (χ0) is 8.55. The third-order valence-corrected chi connectivity index (χ3v) is 3.62. The lowest BCUT2D eigenvalue weighted by Crippen LogP contribution is -2.49. The van der Waals surface area contributed by atoms with Gasteiger partial charge in [0.1, 0.15) is 0 Å². The Morgan fingerprint density at radius 1 is 1.67 bits per heavy atom. The summed E-state index contributed by atoms with van der Waals surface area (Å²) in [6, 6.07) is 2.13. The normalized spacial score (nSPS) is 19.5. The van der Waals surface area contributed by atoms with Crippen molar-refractivity contribution < 1.29 is 5.11 Å². The summed E-state index contributed by atoms with van der Waals surface area (Å²) in [6.07, 6.45) is -0.0894. The van der Waals surface area contributed by atoms with Gasteiger partial charge in [-0.15, -0.1) is 11.3 Å². The van der Waals surface area contributed by atoms with E-state index in [0.29, 0.717) is 0 Å². The Bertz CT molecular complexity index is 270. The highest BCUT2D eigenvalue weighted by Crippen LogP contribution is 2.22. The first-order valence-electron chi connectivity index (χ1n) is 3.87. The summed E-state index contributed by atoms with van der Waals surface area (Å²) in [5.41, 5.74) is 0. The largest absolute Gasteiger partial charge is 0.390 e. The van der Waals surface area contributed by atoms with Crippen LogP contribution < -0.4 is 0 Å². The van der Waals surface area contributed by atoms with E-state index in [1.807, 2.05) is 0 Å². The van der Waals surface area contributed by atoms with Gasteiger partial charge in [-0.1, -0.05) is 0 Å². The molecular formula is C8H10BrNOS. The smallest absolute Gasteiger partial charge is 0.0794 e. The minimum Gasteiger partial charge on any atom is -0.390 e. The fourth-order valence-electron chi connectivity index (χ4n) is 1.33. The van der Waals surface area contributed by atoms with E-state index in [9.17, 15) is 0 Å². The fourth-order valence-corrected chi connectivity index (χ4v) is 2.82. The fraction of sp³-hybridized carbons (Fsp3) is 0.500. The van der Waals surface area contributed by atoms with Crippen LogP contribution in [0, 0.1) is 0 Å². The summed E-state index contributed by atoms with van der Waals surface area (Å²) >= 11 is 5.17. The summed E-state index contributed by atoms with van der Waals surface area (Å²) in [5, 5.41) is 11.1. The highest BCUT2D eigenvalue weighted by Gasteiger charge is 2.24. The molecule has 1 aromatic rings. The van der Waals surface area contributed by atoms with Crippen LogP contribution in [-0.4, -0.2) is 29.2 Å². The van der Waals surface area contributed by atoms with Crippen molar-refractivity contribution in [2.75, 3.05) is 13.1 Å². The molecule has 1 N–H and O–H groups in total. The summed E-state index contributed by atoms with van der Waals surface area (Å²) in [7, 11) is 0. The van der Waals surface area contributed by atoms with E-state index < -0.39 is 0 Å². The van der Waals surface area contributed by atoms with Crippen LogP contribution in [0.3, 0.4) is 0 Å². The molecule has 0 unspecified atom stereocenters. The number of thiophene rings is 1. The first-order chi connectivity index (χ1) is 5.74. The number of aliphatic hydroxyl groups excluding tert-OH is 1. The van der Waals surface area contributed by atoms with E-state index in [1.165, 1.54) is 4.88 Å². The molecule has 2 heterocycles. The van der Waals surface area contributed by atoms with Crippen LogP contribution >= 0.6 is 27.3 Å². The van der Waals surface area contributed by atoms with Crippen molar-refractivity contribution in [2.24, 2.45) is 0 Å². The van der Waals surface area contributed by atoms with E-state index in [4.69, 9.17) is 5.11 Å². The van der Waals surface area contributed by atoms with Gasteiger partial charge >= 0.3 is 0 Å². The predicted octanol–water partition coefficient (Wildman–Crippen LogP) is 1.69. The van der Waals surface area contributed by atoms with Gasteiger partial charge in [0.2, 0.25) is 0 Å². The SMILES string of the molecule is OC1CN(Cc2cc(Br)cs2)C1. The molecule has 12 heavy (non-hydrogen) atoms. The maximum Gasteiger partial charge on any atom is 0.0794 e. The highest BCUT2D eigenvalue weighted by molar-refractivity contribution is 9.10. The van der Waals surface area contributed by atoms with Crippen LogP contribution in [0.1, 0.15) is 4.88 Å². The molecule has 4 heteroatoms. The van der Waals surface area contributed by atoms with Crippen molar-refractivity contribution >= 4 is 27.3 Å². The van der Waals surface area contributed by atoms with Gasteiger partial charge in [-0.3, -0.25) is 4.90 Å². The predicted molar refractivity (Wildman–Crippen MR) is 53.3 cm³/mol. The Labute approximate surface area is 83.9 Å². The number of nitrogens with zero attached hydrogens (tertiary/aromatic N) is 1. The van der Waals surface area contributed by atoms with Crippen LogP contribution in [0.4, 0.5) is 0 Å². The van der Waals surface area contributed by atoms with Crippen LogP contribution in [0.25, 0.3) is 0 Å². The lowest BCUT2D eigenvalue weighted by atomic mass is 10.2. The summed E-state index contributed by atoms with van der Waals surface area (Å²) in [6.45, 7) is 2.64. The Hall–Kier alpha value is 0.1000. The minimum absolute atomic E-state index is 0.0894. The molecular weight excluding hydrogens is 238 g/mol. The topological polar surface area (TPSA) is 23.5 Å². The van der Waals surface area contributed by atoms with E-state index in [0.717, 1.165) is 24.1 Å². The van der Waals surface area contributed by atoms with Crippen LogP contribution in [0.5, 0.6) is 0 Å². The number of aliphatic hydroxyl groups is 1. The van der Waals surface area contributed by atoms with Crippen LogP contribution in [0.2, 0.25) is 0 Å². The number of hydrogen-bond acceptors (Lipinski definition) is 3. The Balaban J connectivity index is 1.88. The molecule has 0 spiro atoms. The first-order valence-corrected chi connectivity index (χ1v) is 5.54. The van der Waals surface area contributed by atoms with Gasteiger partial charge in [0, 0.05) is 34.4 Å². The van der Waals surface area contributed by atoms with Gasteiger partial charge in [-0.05, 0) is 22.0 Å². The van der Waals surface area contributed by atoms with Crippen molar-refractivity contribution in [1.29, 1.82) is 0 Å². The Morgan fingerprint density at radius 3 is 2.92 bits per heavy atom. The number of β-amino-alcohol motifs (C(OH)–C–C–N with tert-alkyl or cyclic N) is 1. The third-order valence-electron chi connectivity index (χ3n) is 1.94. The van der Waals surface area contributed by atoms with Crippen LogP contribution in [-0.2, 0) is 6.54 Å². The van der Waals surface area contributed by atoms with Gasteiger partial charge in [0.05, 0.1) is 6.10 Å². The molecule has 1 saturated heterocycles. The van der Waals surface area contributed by atoms with Gasteiger partial charge < -0.3 is 5.11 Å². The summed E-state index contributed by atoms with van der Waals surface area (Å²) in [5.74, 6) is 0. The molecule has 0 aromatic carbocycles. The van der Waals surface area contributed by atoms with Gasteiger partial charge in [0.15, 0.2) is 0 Å². The molecule has 0 amide bonds. The average Bonchev–Trinajstić information content (AvgIpc) is 2.33. The lowest BCUT2D eigenvalue weighted by molar-refractivity contribution is -0.00229. The minimum atomic E-state index is -0.0894. The van der Waals surface area contributed by atoms with Gasteiger partial charge in [-0.2, -0.15) is 0 Å². The Kier molecular flexibility index (Phi) is 2.50. The molecule has 0 radical (unpaired) electrons. The molecule has 2 nitrogen and oxygen atoms in total. The van der Waals surface area contributed by atoms with Crippen molar-refractivity contribution in [1.82, 2.24) is 4.90 Å². The second-order valence-electron chi connectivity index (χ2n) is 3.08. The molecule has 1 aromatic heterocycles. The summed E-state index contributed by atoms with van der Waals surface area (Å²) in [4.78, 5) is 3.59. The first kappa shape index (κ1) is 8.69. The summed E-state index contributed by atoms with van der Waals surface area (Å²) < 4.78 is 1.16. The third kappa shape index (κ3) is 1.88. The van der Waals surface area contributed by atoms with Crippen molar-refractivity contribution in [3.05, 3.63) is 20.8 Å². The molecule has 0 bridgehead atoms. The van der Waals surface area contributed by atoms with E-state index in [2.05, 4.69) is 32.3 Å². The number of halogens is 1. The zero-order valence-electron chi connectivity index (χ0n) is 6.53. The molecule has 1 aliphatic rings. The molecule has 2 rings (SSSR count).